The summed E-state index contributed by atoms with van der Waals surface area (Å²) in [6.07, 6.45) is 4.62. The molecule has 1 aromatic carbocycles. The van der Waals surface area contributed by atoms with Gasteiger partial charge in [0.1, 0.15) is 5.82 Å². The third-order valence-corrected chi connectivity index (χ3v) is 3.84. The van der Waals surface area contributed by atoms with Crippen molar-refractivity contribution < 1.29 is 4.39 Å². The molecule has 1 aliphatic rings. The van der Waals surface area contributed by atoms with Gasteiger partial charge < -0.3 is 5.73 Å². The highest BCUT2D eigenvalue weighted by Crippen LogP contribution is 2.33. The first kappa shape index (κ1) is 11.6. The number of halogens is 1. The first-order valence-corrected chi connectivity index (χ1v) is 6.17. The van der Waals surface area contributed by atoms with Gasteiger partial charge in [0.2, 0.25) is 0 Å². The van der Waals surface area contributed by atoms with Crippen LogP contribution < -0.4 is 5.73 Å². The second-order valence-electron chi connectivity index (χ2n) is 5.07. The standard InChI is InChI=1S/C14H20FN/c1-10-4-2-7-13(10)14(16)9-11-5-3-6-12(15)8-11/h3,5-6,8,10,13-14H,2,4,7,9,16H2,1H3. The summed E-state index contributed by atoms with van der Waals surface area (Å²) in [6, 6.07) is 6.98. The molecule has 1 aliphatic carbocycles. The van der Waals surface area contributed by atoms with E-state index < -0.39 is 0 Å². The number of rotatable bonds is 3. The lowest BCUT2D eigenvalue weighted by Crippen LogP contribution is -2.33. The Labute approximate surface area is 96.9 Å². The maximum atomic E-state index is 13.0. The van der Waals surface area contributed by atoms with E-state index in [1.807, 2.05) is 6.07 Å². The van der Waals surface area contributed by atoms with Gasteiger partial charge in [0, 0.05) is 6.04 Å². The Hall–Kier alpha value is -0.890. The average Bonchev–Trinajstić information content (AvgIpc) is 2.64. The molecule has 0 amide bonds. The second-order valence-corrected chi connectivity index (χ2v) is 5.07. The predicted molar refractivity (Wildman–Crippen MR) is 64.6 cm³/mol. The van der Waals surface area contributed by atoms with Crippen LogP contribution in [-0.2, 0) is 6.42 Å². The van der Waals surface area contributed by atoms with Crippen LogP contribution in [0.2, 0.25) is 0 Å². The van der Waals surface area contributed by atoms with Crippen LogP contribution >= 0.6 is 0 Å². The zero-order valence-corrected chi connectivity index (χ0v) is 9.83. The van der Waals surface area contributed by atoms with Crippen molar-refractivity contribution in [1.29, 1.82) is 0 Å². The summed E-state index contributed by atoms with van der Waals surface area (Å²) in [5.74, 6) is 1.18. The van der Waals surface area contributed by atoms with Crippen LogP contribution in [0.15, 0.2) is 24.3 Å². The molecule has 3 atom stereocenters. The molecule has 2 rings (SSSR count). The highest BCUT2D eigenvalue weighted by Gasteiger charge is 2.28. The van der Waals surface area contributed by atoms with Crippen LogP contribution in [-0.4, -0.2) is 6.04 Å². The van der Waals surface area contributed by atoms with Gasteiger partial charge in [-0.05, 0) is 42.4 Å². The van der Waals surface area contributed by atoms with Gasteiger partial charge in [0.25, 0.3) is 0 Å². The van der Waals surface area contributed by atoms with Crippen molar-refractivity contribution in [2.24, 2.45) is 17.6 Å². The van der Waals surface area contributed by atoms with Crippen LogP contribution in [0.1, 0.15) is 31.7 Å². The van der Waals surface area contributed by atoms with Crippen LogP contribution in [0.4, 0.5) is 4.39 Å². The molecule has 1 saturated carbocycles. The number of benzene rings is 1. The topological polar surface area (TPSA) is 26.0 Å². The van der Waals surface area contributed by atoms with Crippen LogP contribution in [0.5, 0.6) is 0 Å². The molecule has 0 radical (unpaired) electrons. The molecule has 1 nitrogen and oxygen atoms in total. The molecule has 0 aromatic heterocycles. The minimum absolute atomic E-state index is 0.163. The first-order chi connectivity index (χ1) is 7.66. The Bertz CT molecular complexity index is 350. The quantitative estimate of drug-likeness (QED) is 0.833. The van der Waals surface area contributed by atoms with Crippen molar-refractivity contribution in [1.82, 2.24) is 0 Å². The molecule has 88 valence electrons. The minimum atomic E-state index is -0.163. The lowest BCUT2D eigenvalue weighted by molar-refractivity contribution is 0.343. The van der Waals surface area contributed by atoms with Crippen LogP contribution in [0, 0.1) is 17.7 Å². The fourth-order valence-corrected chi connectivity index (χ4v) is 2.90. The fourth-order valence-electron chi connectivity index (χ4n) is 2.90. The summed E-state index contributed by atoms with van der Waals surface area (Å²) < 4.78 is 13.0. The maximum absolute atomic E-state index is 13.0. The normalized spacial score (nSPS) is 26.9. The predicted octanol–water partition coefficient (Wildman–Crippen LogP) is 3.13. The Morgan fingerprint density at radius 1 is 1.44 bits per heavy atom. The summed E-state index contributed by atoms with van der Waals surface area (Å²) >= 11 is 0. The van der Waals surface area contributed by atoms with Crippen molar-refractivity contribution in [3.8, 4) is 0 Å². The second kappa shape index (κ2) is 4.96. The van der Waals surface area contributed by atoms with E-state index in [4.69, 9.17) is 5.73 Å². The molecule has 2 N–H and O–H groups in total. The van der Waals surface area contributed by atoms with Crippen molar-refractivity contribution >= 4 is 0 Å². The fraction of sp³-hybridized carbons (Fsp3) is 0.571. The maximum Gasteiger partial charge on any atom is 0.123 e. The van der Waals surface area contributed by atoms with E-state index in [-0.39, 0.29) is 11.9 Å². The highest BCUT2D eigenvalue weighted by atomic mass is 19.1. The summed E-state index contributed by atoms with van der Waals surface area (Å²) in [4.78, 5) is 0. The van der Waals surface area contributed by atoms with Crippen LogP contribution in [0.3, 0.4) is 0 Å². The molecule has 1 fully saturated rings. The molecular weight excluding hydrogens is 201 g/mol. The van der Waals surface area contributed by atoms with Gasteiger partial charge in [0.05, 0.1) is 0 Å². The summed E-state index contributed by atoms with van der Waals surface area (Å²) in [5, 5.41) is 0. The van der Waals surface area contributed by atoms with Gasteiger partial charge >= 0.3 is 0 Å². The average molecular weight is 221 g/mol. The van der Waals surface area contributed by atoms with Crippen molar-refractivity contribution in [3.05, 3.63) is 35.6 Å². The van der Waals surface area contributed by atoms with Gasteiger partial charge in [-0.1, -0.05) is 31.9 Å². The largest absolute Gasteiger partial charge is 0.327 e. The van der Waals surface area contributed by atoms with E-state index in [0.29, 0.717) is 5.92 Å². The molecule has 0 spiro atoms. The number of hydrogen-bond acceptors (Lipinski definition) is 1. The number of hydrogen-bond donors (Lipinski definition) is 1. The molecular formula is C14H20FN. The Balaban J connectivity index is 1.99. The molecule has 2 heteroatoms. The molecule has 3 unspecified atom stereocenters. The van der Waals surface area contributed by atoms with E-state index in [9.17, 15) is 4.39 Å². The van der Waals surface area contributed by atoms with E-state index in [1.54, 1.807) is 12.1 Å². The highest BCUT2D eigenvalue weighted by molar-refractivity contribution is 5.17. The van der Waals surface area contributed by atoms with E-state index in [2.05, 4.69) is 6.92 Å². The molecule has 1 aromatic rings. The first-order valence-electron chi connectivity index (χ1n) is 6.17. The Morgan fingerprint density at radius 3 is 2.88 bits per heavy atom. The van der Waals surface area contributed by atoms with Crippen molar-refractivity contribution in [2.75, 3.05) is 0 Å². The van der Waals surface area contributed by atoms with E-state index >= 15 is 0 Å². The molecule has 16 heavy (non-hydrogen) atoms. The van der Waals surface area contributed by atoms with Crippen LogP contribution in [0.25, 0.3) is 0 Å². The Morgan fingerprint density at radius 2 is 2.25 bits per heavy atom. The summed E-state index contributed by atoms with van der Waals surface area (Å²) in [7, 11) is 0. The smallest absolute Gasteiger partial charge is 0.123 e. The minimum Gasteiger partial charge on any atom is -0.327 e. The van der Waals surface area contributed by atoms with Gasteiger partial charge in [-0.3, -0.25) is 0 Å². The lowest BCUT2D eigenvalue weighted by Gasteiger charge is -2.23. The third-order valence-electron chi connectivity index (χ3n) is 3.84. The van der Waals surface area contributed by atoms with Gasteiger partial charge in [-0.15, -0.1) is 0 Å². The molecule has 0 aliphatic heterocycles. The number of nitrogens with two attached hydrogens (primary N) is 1. The molecule has 0 heterocycles. The molecule has 0 bridgehead atoms. The van der Waals surface area contributed by atoms with Crippen molar-refractivity contribution in [3.63, 3.8) is 0 Å². The van der Waals surface area contributed by atoms with E-state index in [1.165, 1.54) is 25.3 Å². The Kier molecular flexibility index (Phi) is 3.59. The van der Waals surface area contributed by atoms with Gasteiger partial charge in [-0.2, -0.15) is 0 Å². The van der Waals surface area contributed by atoms with Gasteiger partial charge in [0.15, 0.2) is 0 Å². The van der Waals surface area contributed by atoms with Crippen molar-refractivity contribution in [2.45, 2.75) is 38.6 Å². The third kappa shape index (κ3) is 2.62. The summed E-state index contributed by atoms with van der Waals surface area (Å²) in [6.45, 7) is 2.28. The molecule has 0 saturated heterocycles. The van der Waals surface area contributed by atoms with Gasteiger partial charge in [-0.25, -0.2) is 4.39 Å². The summed E-state index contributed by atoms with van der Waals surface area (Å²) in [5.41, 5.74) is 7.25. The SMILES string of the molecule is CC1CCCC1C(N)Cc1cccc(F)c1. The van der Waals surface area contributed by atoms with E-state index in [0.717, 1.165) is 17.9 Å². The zero-order valence-electron chi connectivity index (χ0n) is 9.83. The monoisotopic (exact) mass is 221 g/mol. The lowest BCUT2D eigenvalue weighted by atomic mass is 9.87. The zero-order chi connectivity index (χ0) is 11.5.